The molecule has 0 aromatic carbocycles. The number of aryl methyl sites for hydroxylation is 2. The SMILES string of the molecule is Cc1noc(C)c1CN1C[C@H]2C[C@H](C(=O)Nc3cccnc3)[C@@H](C1)O2. The Labute approximate surface area is 146 Å². The summed E-state index contributed by atoms with van der Waals surface area (Å²) in [6.07, 6.45) is 4.13. The molecule has 0 spiro atoms. The van der Waals surface area contributed by atoms with E-state index in [9.17, 15) is 4.79 Å². The van der Waals surface area contributed by atoms with Crippen molar-refractivity contribution in [1.82, 2.24) is 15.0 Å². The van der Waals surface area contributed by atoms with Crippen LogP contribution in [0.4, 0.5) is 5.69 Å². The van der Waals surface area contributed by atoms with E-state index >= 15 is 0 Å². The lowest BCUT2D eigenvalue weighted by molar-refractivity contribution is -0.123. The van der Waals surface area contributed by atoms with E-state index in [4.69, 9.17) is 9.26 Å². The number of aromatic nitrogens is 2. The van der Waals surface area contributed by atoms with E-state index in [2.05, 4.69) is 20.4 Å². The predicted molar refractivity (Wildman–Crippen MR) is 90.9 cm³/mol. The minimum atomic E-state index is -0.125. The zero-order valence-electron chi connectivity index (χ0n) is 14.4. The third-order valence-corrected chi connectivity index (χ3v) is 5.06. The maximum absolute atomic E-state index is 12.6. The number of fused-ring (bicyclic) bond motifs is 2. The number of pyridine rings is 1. The van der Waals surface area contributed by atoms with E-state index in [1.54, 1.807) is 12.4 Å². The van der Waals surface area contributed by atoms with Crippen LogP contribution in [0, 0.1) is 19.8 Å². The van der Waals surface area contributed by atoms with E-state index in [0.717, 1.165) is 48.8 Å². The summed E-state index contributed by atoms with van der Waals surface area (Å²) in [6, 6.07) is 3.65. The van der Waals surface area contributed by atoms with Gasteiger partial charge in [-0.2, -0.15) is 0 Å². The van der Waals surface area contributed by atoms with Crippen molar-refractivity contribution in [3.05, 3.63) is 41.5 Å². The number of hydrogen-bond donors (Lipinski definition) is 1. The van der Waals surface area contributed by atoms with Gasteiger partial charge >= 0.3 is 0 Å². The first kappa shape index (κ1) is 16.2. The van der Waals surface area contributed by atoms with Crippen LogP contribution in [0.25, 0.3) is 0 Å². The fraction of sp³-hybridized carbons (Fsp3) is 0.500. The van der Waals surface area contributed by atoms with Gasteiger partial charge in [0, 0.05) is 31.4 Å². The fourth-order valence-corrected chi connectivity index (χ4v) is 3.77. The number of ether oxygens (including phenoxy) is 1. The number of hydrogen-bond acceptors (Lipinski definition) is 6. The molecule has 7 heteroatoms. The zero-order chi connectivity index (χ0) is 17.4. The van der Waals surface area contributed by atoms with Gasteiger partial charge in [-0.05, 0) is 32.4 Å². The quantitative estimate of drug-likeness (QED) is 0.914. The van der Waals surface area contributed by atoms with Gasteiger partial charge in [0.25, 0.3) is 0 Å². The lowest BCUT2D eigenvalue weighted by Crippen LogP contribution is -2.44. The Bertz CT molecular complexity index is 741. The highest BCUT2D eigenvalue weighted by Crippen LogP contribution is 2.33. The van der Waals surface area contributed by atoms with Crippen molar-refractivity contribution < 1.29 is 14.1 Å². The first-order valence-electron chi connectivity index (χ1n) is 8.60. The topological polar surface area (TPSA) is 80.5 Å². The van der Waals surface area contributed by atoms with Gasteiger partial charge in [-0.1, -0.05) is 5.16 Å². The molecule has 25 heavy (non-hydrogen) atoms. The van der Waals surface area contributed by atoms with Crippen molar-refractivity contribution in [3.8, 4) is 0 Å². The van der Waals surface area contributed by atoms with Gasteiger partial charge in [0.2, 0.25) is 5.91 Å². The average Bonchev–Trinajstić information content (AvgIpc) is 3.08. The largest absolute Gasteiger partial charge is 0.371 e. The van der Waals surface area contributed by atoms with Gasteiger partial charge in [-0.15, -0.1) is 0 Å². The monoisotopic (exact) mass is 342 g/mol. The lowest BCUT2D eigenvalue weighted by Gasteiger charge is -2.32. The highest BCUT2D eigenvalue weighted by atomic mass is 16.5. The molecule has 0 unspecified atom stereocenters. The molecule has 0 radical (unpaired) electrons. The number of amides is 1. The molecule has 2 aliphatic rings. The Morgan fingerprint density at radius 1 is 1.40 bits per heavy atom. The summed E-state index contributed by atoms with van der Waals surface area (Å²) in [5.74, 6) is 0.752. The molecule has 2 bridgehead atoms. The van der Waals surface area contributed by atoms with E-state index in [1.807, 2.05) is 26.0 Å². The van der Waals surface area contributed by atoms with E-state index in [1.165, 1.54) is 0 Å². The molecule has 4 heterocycles. The lowest BCUT2D eigenvalue weighted by atomic mass is 9.99. The summed E-state index contributed by atoms with van der Waals surface area (Å²) < 4.78 is 11.3. The Kier molecular flexibility index (Phi) is 4.27. The Balaban J connectivity index is 1.41. The second-order valence-electron chi connectivity index (χ2n) is 6.87. The number of nitrogens with zero attached hydrogens (tertiary/aromatic N) is 3. The summed E-state index contributed by atoms with van der Waals surface area (Å²) in [7, 11) is 0. The Hall–Kier alpha value is -2.25. The number of nitrogens with one attached hydrogen (secondary N) is 1. The van der Waals surface area contributed by atoms with Gasteiger partial charge in [0.1, 0.15) is 5.76 Å². The average molecular weight is 342 g/mol. The van der Waals surface area contributed by atoms with Crippen LogP contribution >= 0.6 is 0 Å². The Morgan fingerprint density at radius 2 is 2.28 bits per heavy atom. The van der Waals surface area contributed by atoms with Gasteiger partial charge in [-0.25, -0.2) is 0 Å². The number of morpholine rings is 1. The molecule has 2 aliphatic heterocycles. The summed E-state index contributed by atoms with van der Waals surface area (Å²) in [5, 5.41) is 6.97. The summed E-state index contributed by atoms with van der Waals surface area (Å²) in [5.41, 5.74) is 2.79. The minimum Gasteiger partial charge on any atom is -0.371 e. The van der Waals surface area contributed by atoms with Gasteiger partial charge < -0.3 is 14.6 Å². The second kappa shape index (κ2) is 6.57. The van der Waals surface area contributed by atoms with Crippen LogP contribution in [0.3, 0.4) is 0 Å². The van der Waals surface area contributed by atoms with Crippen molar-refractivity contribution in [1.29, 1.82) is 0 Å². The molecule has 2 aromatic heterocycles. The fourth-order valence-electron chi connectivity index (χ4n) is 3.77. The normalized spacial score (nSPS) is 25.9. The molecule has 2 aromatic rings. The molecule has 2 saturated heterocycles. The van der Waals surface area contributed by atoms with Crippen molar-refractivity contribution >= 4 is 11.6 Å². The molecule has 3 atom stereocenters. The molecule has 7 nitrogen and oxygen atoms in total. The van der Waals surface area contributed by atoms with Crippen LogP contribution in [0.2, 0.25) is 0 Å². The smallest absolute Gasteiger partial charge is 0.230 e. The van der Waals surface area contributed by atoms with Crippen LogP contribution in [0.1, 0.15) is 23.4 Å². The summed E-state index contributed by atoms with van der Waals surface area (Å²) in [6.45, 7) is 6.26. The van der Waals surface area contributed by atoms with Gasteiger partial charge in [0.05, 0.1) is 35.7 Å². The van der Waals surface area contributed by atoms with Gasteiger partial charge in [-0.3, -0.25) is 14.7 Å². The Morgan fingerprint density at radius 3 is 3.00 bits per heavy atom. The minimum absolute atomic E-state index is 0.0136. The van der Waals surface area contributed by atoms with Crippen molar-refractivity contribution in [2.75, 3.05) is 18.4 Å². The molecule has 0 saturated carbocycles. The van der Waals surface area contributed by atoms with Crippen LogP contribution < -0.4 is 5.32 Å². The highest BCUT2D eigenvalue weighted by molar-refractivity contribution is 5.93. The van der Waals surface area contributed by atoms with Crippen molar-refractivity contribution in [2.24, 2.45) is 5.92 Å². The maximum Gasteiger partial charge on any atom is 0.230 e. The molecule has 132 valence electrons. The number of likely N-dealkylation sites (tertiary alicyclic amines) is 1. The van der Waals surface area contributed by atoms with E-state index in [0.29, 0.717) is 0 Å². The van der Waals surface area contributed by atoms with Crippen LogP contribution in [0.15, 0.2) is 29.0 Å². The standard InChI is InChI=1S/C18H22N4O3/c1-11-16(12(2)25-21-11)9-22-8-14-6-15(17(10-22)24-14)18(23)20-13-4-3-5-19-7-13/h3-5,7,14-15,17H,6,8-10H2,1-2H3,(H,20,23)/t14-,15+,17-/m1/s1. The number of anilines is 1. The first-order valence-corrected chi connectivity index (χ1v) is 8.60. The molecule has 1 amide bonds. The number of carbonyl (C=O) groups is 1. The van der Waals surface area contributed by atoms with Crippen molar-refractivity contribution in [2.45, 2.75) is 39.0 Å². The molecule has 4 rings (SSSR count). The second-order valence-corrected chi connectivity index (χ2v) is 6.87. The third kappa shape index (κ3) is 3.29. The van der Waals surface area contributed by atoms with Gasteiger partial charge in [0.15, 0.2) is 0 Å². The first-order chi connectivity index (χ1) is 12.1. The molecule has 0 aliphatic carbocycles. The molecular weight excluding hydrogens is 320 g/mol. The highest BCUT2D eigenvalue weighted by Gasteiger charge is 2.44. The van der Waals surface area contributed by atoms with Crippen LogP contribution in [-0.2, 0) is 16.1 Å². The molecule has 1 N–H and O–H groups in total. The van der Waals surface area contributed by atoms with E-state index in [-0.39, 0.29) is 24.0 Å². The van der Waals surface area contributed by atoms with Crippen LogP contribution in [0.5, 0.6) is 0 Å². The number of rotatable bonds is 4. The molecular formula is C18H22N4O3. The van der Waals surface area contributed by atoms with Crippen LogP contribution in [-0.4, -0.2) is 46.2 Å². The predicted octanol–water partition coefficient (Wildman–Crippen LogP) is 1.91. The zero-order valence-corrected chi connectivity index (χ0v) is 14.4. The summed E-state index contributed by atoms with van der Waals surface area (Å²) in [4.78, 5) is 19.0. The third-order valence-electron chi connectivity index (χ3n) is 5.06. The molecule has 2 fully saturated rings. The van der Waals surface area contributed by atoms with E-state index < -0.39 is 0 Å². The number of carbonyl (C=O) groups excluding carboxylic acids is 1. The van der Waals surface area contributed by atoms with Crippen molar-refractivity contribution in [3.63, 3.8) is 0 Å². The summed E-state index contributed by atoms with van der Waals surface area (Å²) >= 11 is 0. The maximum atomic E-state index is 12.6.